The second-order valence-electron chi connectivity index (χ2n) is 14.9. The van der Waals surface area contributed by atoms with Gasteiger partial charge in [0.25, 0.3) is 0 Å². The molecular formula is C37H61NO14. The summed E-state index contributed by atoms with van der Waals surface area (Å²) in [6.07, 6.45) is -4.09. The Morgan fingerprint density at radius 1 is 1.04 bits per heavy atom. The molecule has 4 N–H and O–H groups in total. The van der Waals surface area contributed by atoms with E-state index in [1.807, 2.05) is 13.0 Å². The molecule has 2 saturated heterocycles. The van der Waals surface area contributed by atoms with Crippen LogP contribution in [0, 0.1) is 11.8 Å². The zero-order valence-corrected chi connectivity index (χ0v) is 31.9. The van der Waals surface area contributed by atoms with Gasteiger partial charge in [-0.1, -0.05) is 31.2 Å². The molecule has 0 bridgehead atoms. The van der Waals surface area contributed by atoms with Crippen molar-refractivity contribution >= 4 is 18.2 Å². The first kappa shape index (κ1) is 44.1. The summed E-state index contributed by atoms with van der Waals surface area (Å²) in [4.78, 5) is 38.4. The van der Waals surface area contributed by atoms with E-state index >= 15 is 0 Å². The van der Waals surface area contributed by atoms with E-state index in [4.69, 9.17) is 33.2 Å². The van der Waals surface area contributed by atoms with Crippen LogP contribution in [-0.2, 0) is 47.5 Å². The first-order chi connectivity index (χ1) is 24.4. The first-order valence-corrected chi connectivity index (χ1v) is 18.1. The molecule has 2 fully saturated rings. The number of esters is 2. The minimum absolute atomic E-state index is 0.0335. The number of carbonyl (C=O) groups excluding carboxylic acids is 3. The third-order valence-electron chi connectivity index (χ3n) is 10.1. The molecule has 0 aromatic carbocycles. The summed E-state index contributed by atoms with van der Waals surface area (Å²) in [5.74, 6) is -2.23. The predicted molar refractivity (Wildman–Crippen MR) is 187 cm³/mol. The van der Waals surface area contributed by atoms with Crippen molar-refractivity contribution in [3.8, 4) is 0 Å². The van der Waals surface area contributed by atoms with Crippen molar-refractivity contribution in [2.24, 2.45) is 11.8 Å². The topological polar surface area (TPSA) is 200 Å². The van der Waals surface area contributed by atoms with E-state index in [1.165, 1.54) is 21.0 Å². The van der Waals surface area contributed by atoms with Gasteiger partial charge in [-0.15, -0.1) is 0 Å². The van der Waals surface area contributed by atoms with E-state index in [1.54, 1.807) is 58.0 Å². The Morgan fingerprint density at radius 3 is 2.33 bits per heavy atom. The third-order valence-corrected chi connectivity index (χ3v) is 10.1. The van der Waals surface area contributed by atoms with Crippen molar-refractivity contribution in [1.82, 2.24) is 4.90 Å². The number of methoxy groups -OCH3 is 1. The molecule has 0 unspecified atom stereocenters. The number of cyclic esters (lactones) is 1. The van der Waals surface area contributed by atoms with Gasteiger partial charge in [-0.3, -0.25) is 9.59 Å². The highest BCUT2D eigenvalue weighted by atomic mass is 16.7. The Labute approximate surface area is 307 Å². The van der Waals surface area contributed by atoms with Gasteiger partial charge in [0, 0.05) is 33.3 Å². The van der Waals surface area contributed by atoms with E-state index in [2.05, 4.69) is 0 Å². The summed E-state index contributed by atoms with van der Waals surface area (Å²) < 4.78 is 41.8. The van der Waals surface area contributed by atoms with Crippen molar-refractivity contribution < 1.29 is 68.0 Å². The van der Waals surface area contributed by atoms with E-state index in [-0.39, 0.29) is 25.2 Å². The van der Waals surface area contributed by atoms with Gasteiger partial charge in [0.2, 0.25) is 0 Å². The van der Waals surface area contributed by atoms with Gasteiger partial charge in [-0.25, -0.2) is 0 Å². The maximum atomic E-state index is 12.9. The summed E-state index contributed by atoms with van der Waals surface area (Å²) in [5.41, 5.74) is -1.47. The average Bonchev–Trinajstić information content (AvgIpc) is 3.03. The molecule has 15 heteroatoms. The Kier molecular flexibility index (Phi) is 16.8. The van der Waals surface area contributed by atoms with Gasteiger partial charge < -0.3 is 63.3 Å². The van der Waals surface area contributed by atoms with Gasteiger partial charge in [-0.05, 0) is 60.0 Å². The van der Waals surface area contributed by atoms with E-state index in [9.17, 15) is 34.8 Å². The molecule has 52 heavy (non-hydrogen) atoms. The fourth-order valence-electron chi connectivity index (χ4n) is 7.43. The molecule has 3 rings (SSSR count). The largest absolute Gasteiger partial charge is 0.462 e. The molecule has 0 spiro atoms. The highest BCUT2D eigenvalue weighted by molar-refractivity contribution is 5.70. The lowest BCUT2D eigenvalue weighted by atomic mass is 9.82. The number of hydrogen-bond donors (Lipinski definition) is 4. The first-order valence-electron chi connectivity index (χ1n) is 18.1. The summed E-state index contributed by atoms with van der Waals surface area (Å²) in [6.45, 7) is 9.74. The number of nitrogens with zero attached hydrogens (tertiary/aromatic N) is 1. The number of aliphatic hydroxyl groups is 4. The van der Waals surface area contributed by atoms with Crippen LogP contribution in [0.1, 0.15) is 73.6 Å². The maximum absolute atomic E-state index is 12.9. The van der Waals surface area contributed by atoms with E-state index in [0.29, 0.717) is 12.7 Å². The number of hydrogen-bond acceptors (Lipinski definition) is 15. The predicted octanol–water partition coefficient (Wildman–Crippen LogP) is 1.42. The molecule has 298 valence electrons. The quantitative estimate of drug-likeness (QED) is 0.195. The number of likely N-dealkylation sites (N-methyl/N-ethyl adjacent to an activating group) is 1. The number of carbonyl (C=O) groups is 3. The van der Waals surface area contributed by atoms with Crippen LogP contribution in [0.2, 0.25) is 0 Å². The Bertz CT molecular complexity index is 1210. The number of ether oxygens (including phenoxy) is 7. The standard InChI is InChI=1S/C37H61NO14/c1-20-17-25(15-16-39)33(34(46-9)27(42)18-28(43)47-21(2)13-11-10-12-14-26(20)41)52-36-31(44)30(38(7)8)32(22(3)49-36)51-29-19-37(6,45)35(23(4)48-29)50-24(5)40/h10-12,14,16,20-23,25-27,29-36,41-42,44-45H,13,15,17-19H2,1-9H3/b11-10+,14-12+/t20-,21-,22-,23-,25+,26+,27-,29+,30-,31-,32-,33+,34+,35-,36+,37-/m1/s1. The van der Waals surface area contributed by atoms with Crippen LogP contribution in [0.3, 0.4) is 0 Å². The SMILES string of the molecule is CO[C@@H]1[C@@H](O[C@@H]2O[C@H](C)[C@@H](O[C@H]3C[C@@](C)(O)[C@H](OC(C)=O)[C@@H](C)O3)[C@H](N(C)C)[C@H]2O)[C@@H](CC=O)C[C@@H](C)[C@@H](O)/C=C/C=C/C[C@@H](C)OC(=O)C[C@H]1O. The molecule has 16 atom stereocenters. The summed E-state index contributed by atoms with van der Waals surface area (Å²) >= 11 is 0. The van der Waals surface area contributed by atoms with Crippen molar-refractivity contribution in [1.29, 1.82) is 0 Å². The molecule has 3 heterocycles. The molecule has 15 nitrogen and oxygen atoms in total. The second-order valence-corrected chi connectivity index (χ2v) is 14.9. The number of rotatable bonds is 9. The smallest absolute Gasteiger partial charge is 0.308 e. The van der Waals surface area contributed by atoms with Crippen molar-refractivity contribution in [2.45, 2.75) is 159 Å². The van der Waals surface area contributed by atoms with Crippen LogP contribution in [0.5, 0.6) is 0 Å². The number of aliphatic hydroxyl groups excluding tert-OH is 3. The van der Waals surface area contributed by atoms with Crippen molar-refractivity contribution in [2.75, 3.05) is 21.2 Å². The molecular weight excluding hydrogens is 682 g/mol. The van der Waals surface area contributed by atoms with Gasteiger partial charge in [0.05, 0.1) is 43.0 Å². The number of allylic oxidation sites excluding steroid dienone is 2. The van der Waals surface area contributed by atoms with Gasteiger partial charge in [0.15, 0.2) is 18.7 Å². The zero-order valence-electron chi connectivity index (χ0n) is 31.9. The molecule has 0 radical (unpaired) electrons. The van der Waals surface area contributed by atoms with Gasteiger partial charge in [-0.2, -0.15) is 0 Å². The third kappa shape index (κ3) is 11.8. The lowest BCUT2D eigenvalue weighted by Gasteiger charge is -2.50. The normalized spacial score (nSPS) is 44.0. The Morgan fingerprint density at radius 2 is 1.73 bits per heavy atom. The molecule has 0 saturated carbocycles. The van der Waals surface area contributed by atoms with Crippen LogP contribution >= 0.6 is 0 Å². The minimum atomic E-state index is -1.47. The van der Waals surface area contributed by atoms with Gasteiger partial charge >= 0.3 is 11.9 Å². The summed E-state index contributed by atoms with van der Waals surface area (Å²) in [6, 6.07) is -0.749. The highest BCUT2D eigenvalue weighted by Crippen LogP contribution is 2.37. The van der Waals surface area contributed by atoms with Crippen molar-refractivity contribution in [3.05, 3.63) is 24.3 Å². The summed E-state index contributed by atoms with van der Waals surface area (Å²) in [5, 5.41) is 45.4. The minimum Gasteiger partial charge on any atom is -0.462 e. The van der Waals surface area contributed by atoms with Crippen LogP contribution < -0.4 is 0 Å². The fourth-order valence-corrected chi connectivity index (χ4v) is 7.43. The van der Waals surface area contributed by atoms with Gasteiger partial charge in [0.1, 0.15) is 36.3 Å². The number of aldehydes is 1. The molecule has 0 aromatic heterocycles. The molecule has 0 aliphatic carbocycles. The molecule has 3 aliphatic heterocycles. The molecule has 3 aliphatic rings. The van der Waals surface area contributed by atoms with E-state index in [0.717, 1.165) is 0 Å². The fraction of sp³-hybridized carbons (Fsp3) is 0.811. The second kappa shape index (κ2) is 19.9. The Balaban J connectivity index is 1.93. The molecule has 0 aromatic rings. The van der Waals surface area contributed by atoms with Crippen LogP contribution in [0.4, 0.5) is 0 Å². The zero-order chi connectivity index (χ0) is 38.9. The van der Waals surface area contributed by atoms with Crippen molar-refractivity contribution in [3.63, 3.8) is 0 Å². The molecule has 0 amide bonds. The van der Waals surface area contributed by atoms with Crippen LogP contribution in [0.15, 0.2) is 24.3 Å². The van der Waals surface area contributed by atoms with Crippen LogP contribution in [0.25, 0.3) is 0 Å². The average molecular weight is 744 g/mol. The van der Waals surface area contributed by atoms with Crippen LogP contribution in [-0.4, -0.2) is 150 Å². The van der Waals surface area contributed by atoms with E-state index < -0.39 is 110 Å². The Hall–Kier alpha value is -2.31. The monoisotopic (exact) mass is 743 g/mol. The lowest BCUT2D eigenvalue weighted by Crippen LogP contribution is -2.66. The summed E-state index contributed by atoms with van der Waals surface area (Å²) in [7, 11) is 4.84. The lowest BCUT2D eigenvalue weighted by molar-refractivity contribution is -0.344. The maximum Gasteiger partial charge on any atom is 0.308 e. The highest BCUT2D eigenvalue weighted by Gasteiger charge is 2.52.